The summed E-state index contributed by atoms with van der Waals surface area (Å²) in [7, 11) is 0. The van der Waals surface area contributed by atoms with Crippen molar-refractivity contribution in [3.05, 3.63) is 35.7 Å². The van der Waals surface area contributed by atoms with E-state index in [1.165, 1.54) is 16.6 Å². The maximum absolute atomic E-state index is 5.88. The Bertz CT molecular complexity index is 691. The van der Waals surface area contributed by atoms with Crippen molar-refractivity contribution in [2.45, 2.75) is 13.8 Å². The second kappa shape index (κ2) is 3.38. The van der Waals surface area contributed by atoms with Gasteiger partial charge in [-0.1, -0.05) is 18.2 Å². The van der Waals surface area contributed by atoms with Crippen LogP contribution in [0.25, 0.3) is 22.0 Å². The third-order valence-corrected chi connectivity index (χ3v) is 3.30. The van der Waals surface area contributed by atoms with Gasteiger partial charge in [-0.2, -0.15) is 5.10 Å². The quantitative estimate of drug-likeness (QED) is 0.597. The summed E-state index contributed by atoms with van der Waals surface area (Å²) in [6.07, 6.45) is 1.76. The molecule has 86 valence electrons. The largest absolute Gasteiger partial charge is 0.384 e. The van der Waals surface area contributed by atoms with Crippen LogP contribution in [-0.4, -0.2) is 15.2 Å². The van der Waals surface area contributed by atoms with E-state index in [0.717, 1.165) is 16.6 Å². The second-order valence-electron chi connectivity index (χ2n) is 4.30. The maximum Gasteiger partial charge on any atom is 0.126 e. The SMILES string of the molecule is Cc1[nH]c2c(-c3cn[nH]c3N)cccc2c1C. The number of hydrogen-bond donors (Lipinski definition) is 3. The zero-order valence-corrected chi connectivity index (χ0v) is 9.83. The first kappa shape index (κ1) is 9.96. The highest BCUT2D eigenvalue weighted by molar-refractivity contribution is 5.98. The van der Waals surface area contributed by atoms with E-state index >= 15 is 0 Å². The van der Waals surface area contributed by atoms with Gasteiger partial charge >= 0.3 is 0 Å². The van der Waals surface area contributed by atoms with Crippen LogP contribution >= 0.6 is 0 Å². The number of nitrogens with two attached hydrogens (primary N) is 1. The van der Waals surface area contributed by atoms with Crippen molar-refractivity contribution in [2.24, 2.45) is 0 Å². The average Bonchev–Trinajstić information content (AvgIpc) is 2.85. The Labute approximate surface area is 98.8 Å². The Morgan fingerprint density at radius 3 is 2.71 bits per heavy atom. The lowest BCUT2D eigenvalue weighted by molar-refractivity contribution is 1.10. The molecule has 3 aromatic rings. The lowest BCUT2D eigenvalue weighted by Crippen LogP contribution is -1.88. The van der Waals surface area contributed by atoms with Gasteiger partial charge in [-0.05, 0) is 19.4 Å². The fourth-order valence-corrected chi connectivity index (χ4v) is 2.22. The summed E-state index contributed by atoms with van der Waals surface area (Å²) in [5, 5.41) is 7.97. The van der Waals surface area contributed by atoms with Crippen molar-refractivity contribution in [1.29, 1.82) is 0 Å². The Hall–Kier alpha value is -2.23. The smallest absolute Gasteiger partial charge is 0.126 e. The van der Waals surface area contributed by atoms with Crippen molar-refractivity contribution in [2.75, 3.05) is 5.73 Å². The first-order valence-electron chi connectivity index (χ1n) is 5.55. The summed E-state index contributed by atoms with van der Waals surface area (Å²) in [6, 6.07) is 6.22. The second-order valence-corrected chi connectivity index (χ2v) is 4.30. The molecule has 0 radical (unpaired) electrons. The fourth-order valence-electron chi connectivity index (χ4n) is 2.22. The molecule has 0 aliphatic carbocycles. The van der Waals surface area contributed by atoms with Gasteiger partial charge in [0.25, 0.3) is 0 Å². The predicted octanol–water partition coefficient (Wildman–Crippen LogP) is 2.76. The zero-order valence-electron chi connectivity index (χ0n) is 9.83. The minimum absolute atomic E-state index is 0.599. The molecule has 3 rings (SSSR count). The number of aromatic nitrogens is 3. The fraction of sp³-hybridized carbons (Fsp3) is 0.154. The topological polar surface area (TPSA) is 70.5 Å². The van der Waals surface area contributed by atoms with Crippen LogP contribution in [0.4, 0.5) is 5.82 Å². The highest BCUT2D eigenvalue weighted by Gasteiger charge is 2.12. The molecule has 0 saturated heterocycles. The summed E-state index contributed by atoms with van der Waals surface area (Å²) in [5.41, 5.74) is 11.5. The lowest BCUT2D eigenvalue weighted by Gasteiger charge is -2.01. The van der Waals surface area contributed by atoms with Crippen molar-refractivity contribution >= 4 is 16.7 Å². The van der Waals surface area contributed by atoms with Gasteiger partial charge in [-0.15, -0.1) is 0 Å². The molecule has 0 unspecified atom stereocenters. The highest BCUT2D eigenvalue weighted by Crippen LogP contribution is 2.32. The van der Waals surface area contributed by atoms with Crippen LogP contribution in [0.2, 0.25) is 0 Å². The molecule has 4 nitrogen and oxygen atoms in total. The van der Waals surface area contributed by atoms with Crippen molar-refractivity contribution in [1.82, 2.24) is 15.2 Å². The molecule has 2 heterocycles. The van der Waals surface area contributed by atoms with Crippen LogP contribution in [-0.2, 0) is 0 Å². The molecule has 0 saturated carbocycles. The van der Waals surface area contributed by atoms with E-state index in [-0.39, 0.29) is 0 Å². The number of aryl methyl sites for hydroxylation is 2. The maximum atomic E-state index is 5.88. The molecule has 0 spiro atoms. The number of nitrogen functional groups attached to an aromatic ring is 1. The molecule has 4 heteroatoms. The number of benzene rings is 1. The number of nitrogens with zero attached hydrogens (tertiary/aromatic N) is 1. The Kier molecular flexibility index (Phi) is 1.98. The van der Waals surface area contributed by atoms with Crippen LogP contribution in [0.5, 0.6) is 0 Å². The molecule has 0 aliphatic rings. The van der Waals surface area contributed by atoms with E-state index in [1.807, 2.05) is 6.07 Å². The minimum Gasteiger partial charge on any atom is -0.384 e. The minimum atomic E-state index is 0.599. The molecule has 17 heavy (non-hydrogen) atoms. The van der Waals surface area contributed by atoms with Gasteiger partial charge in [0.1, 0.15) is 5.82 Å². The molecule has 0 bridgehead atoms. The average molecular weight is 226 g/mol. The molecule has 0 atom stereocenters. The van der Waals surface area contributed by atoms with Crippen LogP contribution < -0.4 is 5.73 Å². The lowest BCUT2D eigenvalue weighted by atomic mass is 10.0. The summed E-state index contributed by atoms with van der Waals surface area (Å²) >= 11 is 0. The van der Waals surface area contributed by atoms with E-state index < -0.39 is 0 Å². The van der Waals surface area contributed by atoms with Gasteiger partial charge in [0.2, 0.25) is 0 Å². The van der Waals surface area contributed by atoms with Crippen LogP contribution in [0.15, 0.2) is 24.4 Å². The van der Waals surface area contributed by atoms with Crippen molar-refractivity contribution < 1.29 is 0 Å². The first-order valence-corrected chi connectivity index (χ1v) is 5.55. The van der Waals surface area contributed by atoms with Crippen LogP contribution in [0.1, 0.15) is 11.3 Å². The van der Waals surface area contributed by atoms with Crippen LogP contribution in [0.3, 0.4) is 0 Å². The summed E-state index contributed by atoms with van der Waals surface area (Å²) in [4.78, 5) is 3.41. The van der Waals surface area contributed by atoms with E-state index in [2.05, 4.69) is 41.2 Å². The third kappa shape index (κ3) is 1.34. The number of H-pyrrole nitrogens is 2. The Morgan fingerprint density at radius 2 is 2.00 bits per heavy atom. The molecule has 2 aromatic heterocycles. The monoisotopic (exact) mass is 226 g/mol. The van der Waals surface area contributed by atoms with Crippen molar-refractivity contribution in [3.63, 3.8) is 0 Å². The van der Waals surface area contributed by atoms with Gasteiger partial charge in [0, 0.05) is 22.2 Å². The Balaban J connectivity index is 2.38. The van der Waals surface area contributed by atoms with Crippen LogP contribution in [0, 0.1) is 13.8 Å². The standard InChI is InChI=1S/C13H14N4/c1-7-8(2)16-12-9(7)4-3-5-10(12)11-6-15-17-13(11)14/h3-6,16H,1-2H3,(H3,14,15,17). The zero-order chi connectivity index (χ0) is 12.0. The number of aromatic amines is 2. The third-order valence-electron chi connectivity index (χ3n) is 3.30. The number of fused-ring (bicyclic) bond motifs is 1. The molecular formula is C13H14N4. The predicted molar refractivity (Wildman–Crippen MR) is 69.8 cm³/mol. The molecule has 1 aromatic carbocycles. The number of rotatable bonds is 1. The summed E-state index contributed by atoms with van der Waals surface area (Å²) in [6.45, 7) is 4.20. The first-order chi connectivity index (χ1) is 8.18. The number of anilines is 1. The van der Waals surface area contributed by atoms with Crippen molar-refractivity contribution in [3.8, 4) is 11.1 Å². The van der Waals surface area contributed by atoms with E-state index in [0.29, 0.717) is 5.82 Å². The molecule has 4 N–H and O–H groups in total. The van der Waals surface area contributed by atoms with Gasteiger partial charge < -0.3 is 10.7 Å². The normalized spacial score (nSPS) is 11.2. The van der Waals surface area contributed by atoms with E-state index in [1.54, 1.807) is 6.20 Å². The summed E-state index contributed by atoms with van der Waals surface area (Å²) in [5.74, 6) is 0.599. The van der Waals surface area contributed by atoms with E-state index in [9.17, 15) is 0 Å². The Morgan fingerprint density at radius 1 is 1.18 bits per heavy atom. The van der Waals surface area contributed by atoms with Gasteiger partial charge in [-0.3, -0.25) is 5.10 Å². The molecule has 0 aliphatic heterocycles. The number of para-hydroxylation sites is 1. The summed E-state index contributed by atoms with van der Waals surface area (Å²) < 4.78 is 0. The molecule has 0 amide bonds. The number of hydrogen-bond acceptors (Lipinski definition) is 2. The van der Waals surface area contributed by atoms with Gasteiger partial charge in [0.15, 0.2) is 0 Å². The molecule has 0 fully saturated rings. The highest BCUT2D eigenvalue weighted by atomic mass is 15.1. The van der Waals surface area contributed by atoms with E-state index in [4.69, 9.17) is 5.73 Å². The molecular weight excluding hydrogens is 212 g/mol. The van der Waals surface area contributed by atoms with Gasteiger partial charge in [0.05, 0.1) is 11.7 Å². The van der Waals surface area contributed by atoms with Gasteiger partial charge in [-0.25, -0.2) is 0 Å². The number of nitrogens with one attached hydrogen (secondary N) is 2.